The third kappa shape index (κ3) is 8.57. The lowest BCUT2D eigenvalue weighted by Crippen LogP contribution is -2.51. The predicted octanol–water partition coefficient (Wildman–Crippen LogP) is 4.49. The third-order valence-electron chi connectivity index (χ3n) is 5.47. The molecule has 198 valence electrons. The van der Waals surface area contributed by atoms with Gasteiger partial charge in [0.15, 0.2) is 0 Å². The van der Waals surface area contributed by atoms with Crippen LogP contribution in [0.4, 0.5) is 5.69 Å². The van der Waals surface area contributed by atoms with E-state index >= 15 is 0 Å². The first-order valence-electron chi connectivity index (χ1n) is 11.7. The van der Waals surface area contributed by atoms with Gasteiger partial charge in [-0.1, -0.05) is 42.6 Å². The summed E-state index contributed by atoms with van der Waals surface area (Å²) in [7, 11) is -3.82. The van der Waals surface area contributed by atoms with Crippen molar-refractivity contribution < 1.29 is 22.7 Å². The van der Waals surface area contributed by atoms with Gasteiger partial charge in [-0.15, -0.1) is 0 Å². The van der Waals surface area contributed by atoms with Crippen molar-refractivity contribution in [3.05, 3.63) is 58.1 Å². The number of anilines is 1. The third-order valence-corrected chi connectivity index (χ3v) is 7.20. The standard InChI is InChI=1S/C25H33Cl2N3O5S/c1-5-7-14-28-25(32)18(3)29(16-19-8-9-20(26)15-23(19)27)24(31)17-30(36(4,33)34)21-10-12-22(13-11-21)35-6-2/h8-13,15,18H,5-7,14,16-17H2,1-4H3,(H,28,32). The van der Waals surface area contributed by atoms with Crippen molar-refractivity contribution in [1.82, 2.24) is 10.2 Å². The predicted molar refractivity (Wildman–Crippen MR) is 144 cm³/mol. The highest BCUT2D eigenvalue weighted by atomic mass is 35.5. The van der Waals surface area contributed by atoms with Gasteiger partial charge in [-0.05, 0) is 62.2 Å². The fourth-order valence-corrected chi connectivity index (χ4v) is 4.76. The molecule has 8 nitrogen and oxygen atoms in total. The van der Waals surface area contributed by atoms with E-state index in [-0.39, 0.29) is 12.5 Å². The molecule has 0 radical (unpaired) electrons. The number of hydrogen-bond acceptors (Lipinski definition) is 5. The Hall–Kier alpha value is -2.49. The van der Waals surface area contributed by atoms with Gasteiger partial charge in [0.2, 0.25) is 21.8 Å². The van der Waals surface area contributed by atoms with Gasteiger partial charge in [-0.3, -0.25) is 13.9 Å². The zero-order chi connectivity index (χ0) is 26.9. The maximum absolute atomic E-state index is 13.5. The van der Waals surface area contributed by atoms with Gasteiger partial charge >= 0.3 is 0 Å². The highest BCUT2D eigenvalue weighted by Crippen LogP contribution is 2.25. The fourth-order valence-electron chi connectivity index (χ4n) is 3.44. The van der Waals surface area contributed by atoms with Crippen LogP contribution in [0.3, 0.4) is 0 Å². The molecular formula is C25H33Cl2N3O5S. The van der Waals surface area contributed by atoms with E-state index in [0.29, 0.717) is 40.2 Å². The summed E-state index contributed by atoms with van der Waals surface area (Å²) in [6.45, 7) is 5.90. The first-order valence-corrected chi connectivity index (χ1v) is 14.3. The van der Waals surface area contributed by atoms with Crippen molar-refractivity contribution in [2.45, 2.75) is 46.2 Å². The molecular weight excluding hydrogens is 525 g/mol. The molecule has 0 saturated carbocycles. The largest absolute Gasteiger partial charge is 0.494 e. The molecule has 0 spiro atoms. The number of halogens is 2. The Morgan fingerprint density at radius 2 is 1.75 bits per heavy atom. The molecule has 1 N–H and O–H groups in total. The molecule has 1 unspecified atom stereocenters. The first-order chi connectivity index (χ1) is 17.0. The molecule has 0 heterocycles. The number of nitrogens with zero attached hydrogens (tertiary/aromatic N) is 2. The molecule has 0 saturated heterocycles. The minimum Gasteiger partial charge on any atom is -0.494 e. The van der Waals surface area contributed by atoms with E-state index in [9.17, 15) is 18.0 Å². The second-order valence-corrected chi connectivity index (χ2v) is 11.0. The van der Waals surface area contributed by atoms with Crippen LogP contribution in [0.2, 0.25) is 10.0 Å². The van der Waals surface area contributed by atoms with Crippen LogP contribution in [0.5, 0.6) is 5.75 Å². The van der Waals surface area contributed by atoms with Gasteiger partial charge in [0.25, 0.3) is 0 Å². The smallest absolute Gasteiger partial charge is 0.244 e. The molecule has 0 aliphatic heterocycles. The van der Waals surface area contributed by atoms with E-state index in [2.05, 4.69) is 5.32 Å². The average Bonchev–Trinajstić information content (AvgIpc) is 2.81. The molecule has 11 heteroatoms. The number of sulfonamides is 1. The molecule has 0 aromatic heterocycles. The average molecular weight is 559 g/mol. The quantitative estimate of drug-likeness (QED) is 0.366. The molecule has 2 rings (SSSR count). The van der Waals surface area contributed by atoms with Crippen molar-refractivity contribution in [1.29, 1.82) is 0 Å². The molecule has 36 heavy (non-hydrogen) atoms. The second kappa shape index (κ2) is 13.7. The van der Waals surface area contributed by atoms with Crippen LogP contribution in [0.1, 0.15) is 39.2 Å². The van der Waals surface area contributed by atoms with Crippen LogP contribution < -0.4 is 14.4 Å². The van der Waals surface area contributed by atoms with Crippen LogP contribution >= 0.6 is 23.2 Å². The number of unbranched alkanes of at least 4 members (excludes halogenated alkanes) is 1. The molecule has 2 aromatic rings. The number of nitrogens with one attached hydrogen (secondary N) is 1. The van der Waals surface area contributed by atoms with Crippen molar-refractivity contribution >= 4 is 50.7 Å². The first kappa shape index (κ1) is 29.7. The van der Waals surface area contributed by atoms with Crippen molar-refractivity contribution in [2.24, 2.45) is 0 Å². The zero-order valence-electron chi connectivity index (χ0n) is 21.0. The number of carbonyl (C=O) groups is 2. The monoisotopic (exact) mass is 557 g/mol. The number of ether oxygens (including phenoxy) is 1. The molecule has 1 atom stereocenters. The maximum atomic E-state index is 13.5. The minimum atomic E-state index is -3.82. The van der Waals surface area contributed by atoms with Gasteiger partial charge in [-0.2, -0.15) is 0 Å². The van der Waals surface area contributed by atoms with Gasteiger partial charge in [-0.25, -0.2) is 8.42 Å². The SMILES string of the molecule is CCCCNC(=O)C(C)N(Cc1ccc(Cl)cc1Cl)C(=O)CN(c1ccc(OCC)cc1)S(C)(=O)=O. The lowest BCUT2D eigenvalue weighted by molar-refractivity contribution is -0.139. The summed E-state index contributed by atoms with van der Waals surface area (Å²) < 4.78 is 31.7. The summed E-state index contributed by atoms with van der Waals surface area (Å²) in [4.78, 5) is 27.7. The Bertz CT molecular complexity index is 1140. The summed E-state index contributed by atoms with van der Waals surface area (Å²) in [5.41, 5.74) is 0.883. The number of benzene rings is 2. The van der Waals surface area contributed by atoms with Crippen LogP contribution in [0.25, 0.3) is 0 Å². The summed E-state index contributed by atoms with van der Waals surface area (Å²) in [5.74, 6) is -0.315. The van der Waals surface area contributed by atoms with Crippen LogP contribution in [-0.2, 0) is 26.2 Å². The Balaban J connectivity index is 2.37. The normalized spacial score (nSPS) is 12.1. The van der Waals surface area contributed by atoms with E-state index in [1.807, 2.05) is 13.8 Å². The summed E-state index contributed by atoms with van der Waals surface area (Å²) in [6.07, 6.45) is 2.73. The highest BCUT2D eigenvalue weighted by molar-refractivity contribution is 7.92. The van der Waals surface area contributed by atoms with Gasteiger partial charge in [0, 0.05) is 23.1 Å². The molecule has 2 aromatic carbocycles. The van der Waals surface area contributed by atoms with Crippen LogP contribution in [0, 0.1) is 0 Å². The van der Waals surface area contributed by atoms with Crippen molar-refractivity contribution in [2.75, 3.05) is 30.3 Å². The summed E-state index contributed by atoms with van der Waals surface area (Å²) >= 11 is 12.3. The van der Waals surface area contributed by atoms with E-state index in [0.717, 1.165) is 23.4 Å². The Morgan fingerprint density at radius 3 is 2.31 bits per heavy atom. The number of amides is 2. The lowest BCUT2D eigenvalue weighted by Gasteiger charge is -2.31. The van der Waals surface area contributed by atoms with E-state index < -0.39 is 28.5 Å². The van der Waals surface area contributed by atoms with Gasteiger partial charge in [0.1, 0.15) is 18.3 Å². The topological polar surface area (TPSA) is 96.0 Å². The number of hydrogen-bond donors (Lipinski definition) is 1. The highest BCUT2D eigenvalue weighted by Gasteiger charge is 2.30. The molecule has 0 fully saturated rings. The van der Waals surface area contributed by atoms with Gasteiger partial charge in [0.05, 0.1) is 18.6 Å². The van der Waals surface area contributed by atoms with Crippen molar-refractivity contribution in [3.8, 4) is 5.75 Å². The van der Waals surface area contributed by atoms with Crippen LogP contribution in [-0.4, -0.2) is 57.1 Å². The van der Waals surface area contributed by atoms with Crippen LogP contribution in [0.15, 0.2) is 42.5 Å². The molecule has 0 aliphatic carbocycles. The number of rotatable bonds is 13. The lowest BCUT2D eigenvalue weighted by atomic mass is 10.1. The molecule has 0 bridgehead atoms. The zero-order valence-corrected chi connectivity index (χ0v) is 23.3. The summed E-state index contributed by atoms with van der Waals surface area (Å²) in [5, 5.41) is 3.60. The minimum absolute atomic E-state index is 0.00191. The number of carbonyl (C=O) groups excluding carboxylic acids is 2. The van der Waals surface area contributed by atoms with E-state index in [1.54, 1.807) is 49.4 Å². The summed E-state index contributed by atoms with van der Waals surface area (Å²) in [6, 6.07) is 10.4. The van der Waals surface area contributed by atoms with Crippen molar-refractivity contribution in [3.63, 3.8) is 0 Å². The maximum Gasteiger partial charge on any atom is 0.244 e. The second-order valence-electron chi connectivity index (χ2n) is 8.27. The van der Waals surface area contributed by atoms with E-state index in [4.69, 9.17) is 27.9 Å². The Labute approximate surface area is 223 Å². The molecule has 0 aliphatic rings. The Kier molecular flexibility index (Phi) is 11.3. The van der Waals surface area contributed by atoms with E-state index in [1.165, 1.54) is 4.90 Å². The Morgan fingerprint density at radius 1 is 1.08 bits per heavy atom. The molecule has 2 amide bonds. The fraction of sp³-hybridized carbons (Fsp3) is 0.440. The van der Waals surface area contributed by atoms with Gasteiger partial charge < -0.3 is 15.0 Å².